The second-order valence-corrected chi connectivity index (χ2v) is 10.9. The molecule has 1 unspecified atom stereocenters. The lowest BCUT2D eigenvalue weighted by Crippen LogP contribution is -2.35. The first-order valence-corrected chi connectivity index (χ1v) is 13.4. The molecule has 9 heteroatoms. The number of hydrogen-bond acceptors (Lipinski definition) is 7. The van der Waals surface area contributed by atoms with Gasteiger partial charge in [0.2, 0.25) is 0 Å². The Morgan fingerprint density at radius 2 is 1.86 bits per heavy atom. The molecule has 0 bridgehead atoms. The lowest BCUT2D eigenvalue weighted by Gasteiger charge is -2.24. The average Bonchev–Trinajstić information content (AvgIpc) is 3.46. The van der Waals surface area contributed by atoms with Gasteiger partial charge in [0.15, 0.2) is 5.13 Å². The Balaban J connectivity index is 1.28. The Labute approximate surface area is 208 Å². The number of carbonyl (C=O) groups is 1. The molecule has 1 aliphatic rings. The van der Waals surface area contributed by atoms with Crippen molar-refractivity contribution < 1.29 is 17.9 Å². The summed E-state index contributed by atoms with van der Waals surface area (Å²) in [6.07, 6.45) is 0.645. The molecule has 5 rings (SSSR count). The number of anilines is 3. The maximum atomic E-state index is 13.5. The van der Waals surface area contributed by atoms with Gasteiger partial charge in [-0.3, -0.25) is 4.31 Å². The molecule has 1 aromatic heterocycles. The van der Waals surface area contributed by atoms with E-state index in [1.807, 2.05) is 66.9 Å². The minimum Gasteiger partial charge on any atom is -0.456 e. The molecule has 0 aliphatic carbocycles. The molecule has 178 valence electrons. The van der Waals surface area contributed by atoms with E-state index in [1.165, 1.54) is 27.8 Å². The van der Waals surface area contributed by atoms with Crippen molar-refractivity contribution in [3.8, 4) is 0 Å². The van der Waals surface area contributed by atoms with Crippen LogP contribution in [0.25, 0.3) is 0 Å². The second kappa shape index (κ2) is 9.52. The van der Waals surface area contributed by atoms with Gasteiger partial charge in [-0.15, -0.1) is 11.3 Å². The number of nitrogens with one attached hydrogen (secondary N) is 1. The van der Waals surface area contributed by atoms with Crippen LogP contribution in [0, 0.1) is 0 Å². The van der Waals surface area contributed by atoms with Gasteiger partial charge in [0, 0.05) is 17.1 Å². The Morgan fingerprint density at radius 3 is 2.69 bits per heavy atom. The van der Waals surface area contributed by atoms with Gasteiger partial charge in [-0.2, -0.15) is 0 Å². The van der Waals surface area contributed by atoms with Gasteiger partial charge in [-0.1, -0.05) is 42.5 Å². The maximum absolute atomic E-state index is 13.5. The summed E-state index contributed by atoms with van der Waals surface area (Å²) in [6.45, 7) is 1.86. The Kier molecular flexibility index (Phi) is 6.27. The number of benzene rings is 3. The minimum atomic E-state index is -3.84. The van der Waals surface area contributed by atoms with Gasteiger partial charge in [-0.25, -0.2) is 18.2 Å². The predicted octanol–water partition coefficient (Wildman–Crippen LogP) is 5.38. The second-order valence-electron chi connectivity index (χ2n) is 8.22. The number of carbonyl (C=O) groups excluding carboxylic acids is 1. The molecule has 1 N–H and O–H groups in total. The van der Waals surface area contributed by atoms with Crippen LogP contribution in [0.1, 0.15) is 28.5 Å². The molecule has 0 saturated heterocycles. The molecule has 0 saturated carbocycles. The highest BCUT2D eigenvalue weighted by molar-refractivity contribution is 7.92. The van der Waals surface area contributed by atoms with E-state index in [-0.39, 0.29) is 23.1 Å². The van der Waals surface area contributed by atoms with Crippen molar-refractivity contribution >= 4 is 43.8 Å². The van der Waals surface area contributed by atoms with E-state index in [1.54, 1.807) is 12.1 Å². The monoisotopic (exact) mass is 505 g/mol. The average molecular weight is 506 g/mol. The number of fused-ring (bicyclic) bond motifs is 1. The van der Waals surface area contributed by atoms with Crippen LogP contribution in [-0.2, 0) is 27.8 Å². The summed E-state index contributed by atoms with van der Waals surface area (Å²) in [5.41, 5.74) is 3.36. The van der Waals surface area contributed by atoms with Gasteiger partial charge < -0.3 is 10.1 Å². The molecular weight excluding hydrogens is 482 g/mol. The molecule has 0 fully saturated rings. The molecule has 7 nitrogen and oxygen atoms in total. The maximum Gasteiger partial charge on any atom is 0.338 e. The normalized spacial score (nSPS) is 15.0. The number of rotatable bonds is 7. The summed E-state index contributed by atoms with van der Waals surface area (Å²) in [5.74, 6) is -0.609. The van der Waals surface area contributed by atoms with Crippen LogP contribution in [0.3, 0.4) is 0 Å². The summed E-state index contributed by atoms with van der Waals surface area (Å²) in [7, 11) is -3.84. The molecule has 0 spiro atoms. The fourth-order valence-corrected chi connectivity index (χ4v) is 6.55. The van der Waals surface area contributed by atoms with Crippen molar-refractivity contribution in [3.63, 3.8) is 0 Å². The molecule has 4 aromatic rings. The Hall–Kier alpha value is -3.69. The number of hydrogen-bond donors (Lipinski definition) is 1. The summed E-state index contributed by atoms with van der Waals surface area (Å²) >= 11 is 1.41. The van der Waals surface area contributed by atoms with E-state index in [4.69, 9.17) is 4.74 Å². The topological polar surface area (TPSA) is 88.6 Å². The third kappa shape index (κ3) is 4.78. The van der Waals surface area contributed by atoms with Crippen molar-refractivity contribution in [2.45, 2.75) is 30.9 Å². The van der Waals surface area contributed by atoms with Gasteiger partial charge in [0.25, 0.3) is 10.0 Å². The van der Waals surface area contributed by atoms with Crippen LogP contribution >= 0.6 is 11.3 Å². The van der Waals surface area contributed by atoms with E-state index < -0.39 is 16.0 Å². The van der Waals surface area contributed by atoms with E-state index >= 15 is 0 Å². The molecule has 1 atom stereocenters. The summed E-state index contributed by atoms with van der Waals surface area (Å²) in [6, 6.07) is 22.9. The predicted molar refractivity (Wildman–Crippen MR) is 137 cm³/mol. The third-order valence-corrected chi connectivity index (χ3v) is 8.43. The minimum absolute atomic E-state index is 0.0146. The third-order valence-electron chi connectivity index (χ3n) is 5.70. The van der Waals surface area contributed by atoms with Gasteiger partial charge in [0.1, 0.15) is 6.61 Å². The molecule has 0 amide bonds. The summed E-state index contributed by atoms with van der Waals surface area (Å²) in [4.78, 5) is 17.2. The lowest BCUT2D eigenvalue weighted by atomic mass is 10.1. The van der Waals surface area contributed by atoms with E-state index in [0.29, 0.717) is 22.9 Å². The van der Waals surface area contributed by atoms with Crippen LogP contribution in [-0.4, -0.2) is 25.4 Å². The van der Waals surface area contributed by atoms with E-state index in [2.05, 4.69) is 10.3 Å². The highest BCUT2D eigenvalue weighted by Crippen LogP contribution is 2.36. The molecular formula is C26H23N3O4S2. The number of esters is 1. The first-order valence-electron chi connectivity index (χ1n) is 11.1. The van der Waals surface area contributed by atoms with Crippen LogP contribution in [0.4, 0.5) is 16.5 Å². The highest BCUT2D eigenvalue weighted by atomic mass is 32.2. The Bertz CT molecular complexity index is 1470. The van der Waals surface area contributed by atoms with Crippen LogP contribution < -0.4 is 9.62 Å². The summed E-state index contributed by atoms with van der Waals surface area (Å²) in [5, 5.41) is 5.70. The number of aromatic nitrogens is 1. The highest BCUT2D eigenvalue weighted by Gasteiger charge is 2.36. The number of sulfonamides is 1. The van der Waals surface area contributed by atoms with Gasteiger partial charge >= 0.3 is 5.97 Å². The van der Waals surface area contributed by atoms with Crippen molar-refractivity contribution in [3.05, 3.63) is 101 Å². The molecule has 1 aliphatic heterocycles. The SMILES string of the molecule is CC1Cc2ccccc2N1S(=O)(=O)c1cccc(C(=O)OCc2csc(Nc3ccccc3)n2)c1. The zero-order valence-corrected chi connectivity index (χ0v) is 20.6. The Morgan fingerprint density at radius 1 is 1.09 bits per heavy atom. The first-order chi connectivity index (χ1) is 16.9. The number of thiazole rings is 1. The molecule has 2 heterocycles. The van der Waals surface area contributed by atoms with Crippen LogP contribution in [0.2, 0.25) is 0 Å². The van der Waals surface area contributed by atoms with Gasteiger partial charge in [-0.05, 0) is 55.3 Å². The fourth-order valence-electron chi connectivity index (χ4n) is 4.10. The van der Waals surface area contributed by atoms with E-state index in [9.17, 15) is 13.2 Å². The molecule has 3 aromatic carbocycles. The quantitative estimate of drug-likeness (QED) is 0.339. The number of nitrogens with zero attached hydrogens (tertiary/aromatic N) is 2. The fraction of sp³-hybridized carbons (Fsp3) is 0.154. The van der Waals surface area contributed by atoms with Crippen LogP contribution in [0.15, 0.2) is 89.1 Å². The van der Waals surface area contributed by atoms with Crippen molar-refractivity contribution in [1.82, 2.24) is 4.98 Å². The molecule has 35 heavy (non-hydrogen) atoms. The zero-order chi connectivity index (χ0) is 24.4. The molecule has 0 radical (unpaired) electrons. The zero-order valence-electron chi connectivity index (χ0n) is 18.9. The standard InChI is InChI=1S/C26H23N3O4S2/c1-18-14-19-8-5-6-13-24(19)29(18)35(31,32)23-12-7-9-20(15-23)25(30)33-16-22-17-34-26(28-22)27-21-10-3-2-4-11-21/h2-13,15,17-18H,14,16H2,1H3,(H,27,28). The number of para-hydroxylation sites is 2. The van der Waals surface area contributed by atoms with Crippen molar-refractivity contribution in [2.75, 3.05) is 9.62 Å². The first kappa shape index (κ1) is 23.1. The van der Waals surface area contributed by atoms with E-state index in [0.717, 1.165) is 11.3 Å². The van der Waals surface area contributed by atoms with Crippen molar-refractivity contribution in [1.29, 1.82) is 0 Å². The summed E-state index contributed by atoms with van der Waals surface area (Å²) < 4.78 is 33.8. The largest absolute Gasteiger partial charge is 0.456 e. The van der Waals surface area contributed by atoms with Crippen molar-refractivity contribution in [2.24, 2.45) is 0 Å². The van der Waals surface area contributed by atoms with Crippen LogP contribution in [0.5, 0.6) is 0 Å². The number of ether oxygens (including phenoxy) is 1. The van der Waals surface area contributed by atoms with Gasteiger partial charge in [0.05, 0.1) is 21.8 Å². The smallest absolute Gasteiger partial charge is 0.338 e. The lowest BCUT2D eigenvalue weighted by molar-refractivity contribution is 0.0468.